The smallest absolute Gasteiger partial charge is 0.255 e. The lowest BCUT2D eigenvalue weighted by atomic mass is 10.1. The Labute approximate surface area is 141 Å². The van der Waals surface area contributed by atoms with Crippen LogP contribution >= 0.6 is 0 Å². The lowest BCUT2D eigenvalue weighted by Gasteiger charge is -2.12. The SMILES string of the molecule is CCC(=O)Nc1ccc(C)c(NC(=O)c2ccc3c(c2)CCO3)c1. The molecule has 24 heavy (non-hydrogen) atoms. The predicted octanol–water partition coefficient (Wildman–Crippen LogP) is 3.53. The molecule has 1 aliphatic heterocycles. The van der Waals surface area contributed by atoms with Gasteiger partial charge in [0.05, 0.1) is 6.61 Å². The first-order chi connectivity index (χ1) is 11.6. The topological polar surface area (TPSA) is 67.4 Å². The highest BCUT2D eigenvalue weighted by Crippen LogP contribution is 2.27. The quantitative estimate of drug-likeness (QED) is 0.904. The molecule has 0 fully saturated rings. The molecular formula is C19H20N2O3. The largest absolute Gasteiger partial charge is 0.493 e. The molecular weight excluding hydrogens is 304 g/mol. The Kier molecular flexibility index (Phi) is 4.51. The van der Waals surface area contributed by atoms with Crippen molar-refractivity contribution < 1.29 is 14.3 Å². The summed E-state index contributed by atoms with van der Waals surface area (Å²) in [4.78, 5) is 24.0. The van der Waals surface area contributed by atoms with Crippen molar-refractivity contribution in [3.8, 4) is 5.75 Å². The number of carbonyl (C=O) groups excluding carboxylic acids is 2. The maximum Gasteiger partial charge on any atom is 0.255 e. The number of hydrogen-bond donors (Lipinski definition) is 2. The minimum Gasteiger partial charge on any atom is -0.493 e. The van der Waals surface area contributed by atoms with E-state index in [2.05, 4.69) is 10.6 Å². The second-order valence-electron chi connectivity index (χ2n) is 5.81. The molecule has 5 heteroatoms. The van der Waals surface area contributed by atoms with Crippen molar-refractivity contribution in [2.45, 2.75) is 26.7 Å². The number of anilines is 2. The molecule has 3 rings (SSSR count). The van der Waals surface area contributed by atoms with Gasteiger partial charge in [-0.1, -0.05) is 13.0 Å². The van der Waals surface area contributed by atoms with Crippen LogP contribution in [0.5, 0.6) is 5.75 Å². The third kappa shape index (κ3) is 3.40. The fourth-order valence-electron chi connectivity index (χ4n) is 2.61. The Morgan fingerprint density at radius 3 is 2.75 bits per heavy atom. The lowest BCUT2D eigenvalue weighted by molar-refractivity contribution is -0.115. The maximum absolute atomic E-state index is 12.5. The Hall–Kier alpha value is -2.82. The van der Waals surface area contributed by atoms with Crippen LogP contribution in [0, 0.1) is 6.92 Å². The summed E-state index contributed by atoms with van der Waals surface area (Å²) >= 11 is 0. The van der Waals surface area contributed by atoms with E-state index in [-0.39, 0.29) is 11.8 Å². The fraction of sp³-hybridized carbons (Fsp3) is 0.263. The van der Waals surface area contributed by atoms with Crippen molar-refractivity contribution in [3.63, 3.8) is 0 Å². The standard InChI is InChI=1S/C19H20N2O3/c1-3-18(22)20-15-6-4-12(2)16(11-15)21-19(23)14-5-7-17-13(10-14)8-9-24-17/h4-7,10-11H,3,8-9H2,1-2H3,(H,20,22)(H,21,23). The van der Waals surface area contributed by atoms with Gasteiger partial charge in [-0.05, 0) is 48.4 Å². The Balaban J connectivity index is 1.78. The van der Waals surface area contributed by atoms with Crippen molar-refractivity contribution in [1.82, 2.24) is 0 Å². The van der Waals surface area contributed by atoms with Crippen LogP contribution in [0.3, 0.4) is 0 Å². The fourth-order valence-corrected chi connectivity index (χ4v) is 2.61. The van der Waals surface area contributed by atoms with E-state index >= 15 is 0 Å². The Bertz CT molecular complexity index is 799. The number of hydrogen-bond acceptors (Lipinski definition) is 3. The molecule has 2 aromatic rings. The summed E-state index contributed by atoms with van der Waals surface area (Å²) in [7, 11) is 0. The van der Waals surface area contributed by atoms with Crippen LogP contribution in [0.4, 0.5) is 11.4 Å². The molecule has 2 aromatic carbocycles. The van der Waals surface area contributed by atoms with Gasteiger partial charge in [-0.25, -0.2) is 0 Å². The molecule has 0 aromatic heterocycles. The summed E-state index contributed by atoms with van der Waals surface area (Å²) in [5, 5.41) is 5.72. The zero-order chi connectivity index (χ0) is 17.1. The van der Waals surface area contributed by atoms with Crippen molar-refractivity contribution >= 4 is 23.2 Å². The molecule has 0 saturated heterocycles. The van der Waals surface area contributed by atoms with Crippen LogP contribution < -0.4 is 15.4 Å². The Morgan fingerprint density at radius 2 is 1.96 bits per heavy atom. The first-order valence-electron chi connectivity index (χ1n) is 8.04. The molecule has 0 atom stereocenters. The molecule has 0 spiro atoms. The predicted molar refractivity (Wildman–Crippen MR) is 93.7 cm³/mol. The minimum absolute atomic E-state index is 0.0604. The highest BCUT2D eigenvalue weighted by atomic mass is 16.5. The normalized spacial score (nSPS) is 12.2. The number of rotatable bonds is 4. The number of ether oxygens (including phenoxy) is 1. The van der Waals surface area contributed by atoms with Gasteiger partial charge in [-0.2, -0.15) is 0 Å². The van der Waals surface area contributed by atoms with E-state index in [1.807, 2.05) is 31.2 Å². The molecule has 1 aliphatic rings. The summed E-state index contributed by atoms with van der Waals surface area (Å²) in [6.45, 7) is 4.38. The average molecular weight is 324 g/mol. The van der Waals surface area contributed by atoms with E-state index in [0.717, 1.165) is 23.3 Å². The van der Waals surface area contributed by atoms with Gasteiger partial charge < -0.3 is 15.4 Å². The summed E-state index contributed by atoms with van der Waals surface area (Å²) in [6, 6.07) is 10.9. The van der Waals surface area contributed by atoms with Crippen molar-refractivity contribution in [1.29, 1.82) is 0 Å². The van der Waals surface area contributed by atoms with E-state index in [0.29, 0.717) is 30.0 Å². The zero-order valence-electron chi connectivity index (χ0n) is 13.8. The third-order valence-corrected chi connectivity index (χ3v) is 4.04. The second kappa shape index (κ2) is 6.74. The monoisotopic (exact) mass is 324 g/mol. The second-order valence-corrected chi connectivity index (χ2v) is 5.81. The van der Waals surface area contributed by atoms with E-state index in [1.165, 1.54) is 0 Å². The molecule has 0 unspecified atom stereocenters. The first kappa shape index (κ1) is 16.1. The molecule has 1 heterocycles. The zero-order valence-corrected chi connectivity index (χ0v) is 13.8. The van der Waals surface area contributed by atoms with Gasteiger partial charge >= 0.3 is 0 Å². The molecule has 5 nitrogen and oxygen atoms in total. The van der Waals surface area contributed by atoms with Gasteiger partial charge in [0, 0.05) is 29.8 Å². The van der Waals surface area contributed by atoms with Crippen LogP contribution in [-0.4, -0.2) is 18.4 Å². The molecule has 2 N–H and O–H groups in total. The number of carbonyl (C=O) groups is 2. The van der Waals surface area contributed by atoms with Crippen molar-refractivity contribution in [2.24, 2.45) is 0 Å². The van der Waals surface area contributed by atoms with Crippen LogP contribution in [-0.2, 0) is 11.2 Å². The molecule has 0 aliphatic carbocycles. The van der Waals surface area contributed by atoms with Crippen molar-refractivity contribution in [2.75, 3.05) is 17.2 Å². The number of aryl methyl sites for hydroxylation is 1. The molecule has 2 amide bonds. The summed E-state index contributed by atoms with van der Waals surface area (Å²) in [5.41, 5.74) is 3.95. The van der Waals surface area contributed by atoms with Gasteiger partial charge in [-0.15, -0.1) is 0 Å². The average Bonchev–Trinajstić information content (AvgIpc) is 3.05. The van der Waals surface area contributed by atoms with Gasteiger partial charge in [-0.3, -0.25) is 9.59 Å². The van der Waals surface area contributed by atoms with Crippen LogP contribution in [0.25, 0.3) is 0 Å². The molecule has 0 saturated carbocycles. The third-order valence-electron chi connectivity index (χ3n) is 4.04. The Morgan fingerprint density at radius 1 is 1.12 bits per heavy atom. The van der Waals surface area contributed by atoms with E-state index in [4.69, 9.17) is 4.74 Å². The lowest BCUT2D eigenvalue weighted by Crippen LogP contribution is -2.14. The number of nitrogens with one attached hydrogen (secondary N) is 2. The van der Waals surface area contributed by atoms with Gasteiger partial charge in [0.25, 0.3) is 5.91 Å². The van der Waals surface area contributed by atoms with Gasteiger partial charge in [0.1, 0.15) is 5.75 Å². The number of benzene rings is 2. The van der Waals surface area contributed by atoms with E-state index < -0.39 is 0 Å². The molecule has 124 valence electrons. The molecule has 0 bridgehead atoms. The highest BCUT2D eigenvalue weighted by Gasteiger charge is 2.15. The van der Waals surface area contributed by atoms with Crippen LogP contribution in [0.2, 0.25) is 0 Å². The maximum atomic E-state index is 12.5. The minimum atomic E-state index is -0.174. The van der Waals surface area contributed by atoms with Crippen LogP contribution in [0.15, 0.2) is 36.4 Å². The summed E-state index contributed by atoms with van der Waals surface area (Å²) < 4.78 is 5.46. The summed E-state index contributed by atoms with van der Waals surface area (Å²) in [6.07, 6.45) is 1.24. The van der Waals surface area contributed by atoms with E-state index in [1.54, 1.807) is 19.1 Å². The molecule has 0 radical (unpaired) electrons. The van der Waals surface area contributed by atoms with Crippen LogP contribution in [0.1, 0.15) is 34.8 Å². The van der Waals surface area contributed by atoms with Gasteiger partial charge in [0.15, 0.2) is 0 Å². The summed E-state index contributed by atoms with van der Waals surface area (Å²) in [5.74, 6) is 0.619. The van der Waals surface area contributed by atoms with E-state index in [9.17, 15) is 9.59 Å². The highest BCUT2D eigenvalue weighted by molar-refractivity contribution is 6.05. The first-order valence-corrected chi connectivity index (χ1v) is 8.04. The number of amides is 2. The van der Waals surface area contributed by atoms with Gasteiger partial charge in [0.2, 0.25) is 5.91 Å². The van der Waals surface area contributed by atoms with Crippen molar-refractivity contribution in [3.05, 3.63) is 53.1 Å². The number of fused-ring (bicyclic) bond motifs is 1.